The number of benzene rings is 2. The van der Waals surface area contributed by atoms with Gasteiger partial charge in [0, 0.05) is 0 Å². The molecule has 3 saturated heterocycles. The zero-order valence-corrected chi connectivity index (χ0v) is 19.1. The Kier molecular flexibility index (Phi) is 5.44. The number of hydrogen-bond acceptors (Lipinski definition) is 10. The Labute approximate surface area is 190 Å². The number of aryl methyl sites for hydroxylation is 2. The van der Waals surface area contributed by atoms with E-state index in [0.29, 0.717) is 0 Å². The van der Waals surface area contributed by atoms with Gasteiger partial charge < -0.3 is 14.2 Å². The quantitative estimate of drug-likeness (QED) is 0.538. The monoisotopic (exact) mass is 496 g/mol. The summed E-state index contributed by atoms with van der Waals surface area (Å²) < 4.78 is 78.3. The summed E-state index contributed by atoms with van der Waals surface area (Å²) in [4.78, 5) is 12.6. The summed E-state index contributed by atoms with van der Waals surface area (Å²) in [5.74, 6) is -0.681. The number of ether oxygens (including phenoxy) is 3. The smallest absolute Gasteiger partial charge is 0.297 e. The Morgan fingerprint density at radius 3 is 1.45 bits per heavy atom. The van der Waals surface area contributed by atoms with Gasteiger partial charge in [0.2, 0.25) is 0 Å². The number of hydrogen-bond donors (Lipinski definition) is 0. The molecule has 1 saturated carbocycles. The maximum atomic E-state index is 12.9. The molecule has 3 aliphatic heterocycles. The third kappa shape index (κ3) is 4.01. The van der Waals surface area contributed by atoms with Crippen LogP contribution in [-0.4, -0.2) is 59.6 Å². The van der Waals surface area contributed by atoms with Crippen LogP contribution in [0.1, 0.15) is 11.1 Å². The summed E-state index contributed by atoms with van der Waals surface area (Å²) >= 11 is 0. The lowest BCUT2D eigenvalue weighted by molar-refractivity contribution is -0.434. The van der Waals surface area contributed by atoms with E-state index in [1.54, 1.807) is 38.1 Å². The van der Waals surface area contributed by atoms with Gasteiger partial charge in [0.1, 0.15) is 18.3 Å². The normalized spacial score (nSPS) is 31.2. The van der Waals surface area contributed by atoms with Crippen LogP contribution in [0.2, 0.25) is 0 Å². The van der Waals surface area contributed by atoms with Gasteiger partial charge in [-0.25, -0.2) is 0 Å². The van der Waals surface area contributed by atoms with Crippen molar-refractivity contribution in [2.24, 2.45) is 0 Å². The summed E-state index contributed by atoms with van der Waals surface area (Å²) in [6, 6.07) is 11.8. The van der Waals surface area contributed by atoms with Crippen molar-refractivity contribution >= 4 is 26.0 Å². The van der Waals surface area contributed by atoms with E-state index in [1.165, 1.54) is 24.3 Å². The third-order valence-electron chi connectivity index (χ3n) is 5.68. The first kappa shape index (κ1) is 22.6. The highest BCUT2D eigenvalue weighted by atomic mass is 32.2. The number of carbonyl (C=O) groups excluding carboxylic acids is 1. The van der Waals surface area contributed by atoms with Gasteiger partial charge in [-0.15, -0.1) is 0 Å². The van der Waals surface area contributed by atoms with Gasteiger partial charge in [0.15, 0.2) is 18.0 Å². The predicted molar refractivity (Wildman–Crippen MR) is 110 cm³/mol. The molecule has 2 aromatic rings. The van der Waals surface area contributed by atoms with E-state index >= 15 is 0 Å². The summed E-state index contributed by atoms with van der Waals surface area (Å²) in [6.45, 7) is 2.34. The molecule has 4 unspecified atom stereocenters. The Balaban J connectivity index is 1.45. The molecule has 0 N–H and O–H groups in total. The number of rotatable bonds is 6. The molecule has 0 amide bonds. The molecule has 4 atom stereocenters. The van der Waals surface area contributed by atoms with E-state index < -0.39 is 63.0 Å². The van der Waals surface area contributed by atoms with Gasteiger partial charge >= 0.3 is 0 Å². The lowest BCUT2D eigenvalue weighted by Gasteiger charge is -2.53. The second kappa shape index (κ2) is 7.94. The highest BCUT2D eigenvalue weighted by Gasteiger charge is 2.65. The van der Waals surface area contributed by atoms with Crippen LogP contribution in [-0.2, 0) is 47.6 Å². The van der Waals surface area contributed by atoms with E-state index in [1.807, 2.05) is 0 Å². The molecule has 33 heavy (non-hydrogen) atoms. The number of Topliss-reactive ketones (excluding diaryl/α,β-unsaturated/α-hetero) is 1. The average Bonchev–Trinajstić information content (AvgIpc) is 2.76. The van der Waals surface area contributed by atoms with Gasteiger partial charge in [-0.1, -0.05) is 35.4 Å². The highest BCUT2D eigenvalue weighted by molar-refractivity contribution is 7.87. The molecule has 10 nitrogen and oxygen atoms in total. The minimum Gasteiger partial charge on any atom is -0.321 e. The Morgan fingerprint density at radius 2 is 1.06 bits per heavy atom. The van der Waals surface area contributed by atoms with E-state index in [9.17, 15) is 21.6 Å². The maximum absolute atomic E-state index is 12.9. The van der Waals surface area contributed by atoms with Crippen molar-refractivity contribution in [2.75, 3.05) is 0 Å². The molecule has 1 aliphatic carbocycles. The number of ketones is 1. The lowest BCUT2D eigenvalue weighted by Crippen LogP contribution is -2.74. The van der Waals surface area contributed by atoms with Crippen LogP contribution < -0.4 is 0 Å². The first-order chi connectivity index (χ1) is 15.5. The molecule has 176 valence electrons. The van der Waals surface area contributed by atoms with Crippen molar-refractivity contribution in [3.05, 3.63) is 59.7 Å². The standard InChI is InChI=1S/C21H20O10S2/c1-11-3-7-13(8-4-11)32(23,24)30-19-16-15(22)17-20(18(19)29-21(27-16)28-17)31-33(25,26)14-9-5-12(2)6-10-14/h3-10,16-21H,1-2H3/t16?,17?,18-,19?,20?,21+. The van der Waals surface area contributed by atoms with Gasteiger partial charge in [0.25, 0.3) is 26.7 Å². The van der Waals surface area contributed by atoms with E-state index in [-0.39, 0.29) is 9.79 Å². The van der Waals surface area contributed by atoms with Crippen LogP contribution in [0.4, 0.5) is 0 Å². The molecule has 3 heterocycles. The molecule has 0 aromatic heterocycles. The molecular formula is C21H20O10S2. The summed E-state index contributed by atoms with van der Waals surface area (Å²) in [5.41, 5.74) is 1.69. The van der Waals surface area contributed by atoms with Crippen LogP contribution in [0.25, 0.3) is 0 Å². The summed E-state index contributed by atoms with van der Waals surface area (Å²) in [5, 5.41) is 0. The molecule has 4 aliphatic rings. The second-order valence-corrected chi connectivity index (χ2v) is 11.2. The van der Waals surface area contributed by atoms with E-state index in [4.69, 9.17) is 22.6 Å². The molecule has 2 aromatic carbocycles. The molecule has 0 spiro atoms. The SMILES string of the molecule is Cc1ccc(S(=O)(=O)OC2C3O[C@H]4OC(C3=O)C(OS(=O)(=O)c3ccc(C)cc3)[C@@H]2O4)cc1. The van der Waals surface area contributed by atoms with E-state index in [2.05, 4.69) is 0 Å². The van der Waals surface area contributed by atoms with Crippen LogP contribution in [0.3, 0.4) is 0 Å². The van der Waals surface area contributed by atoms with Gasteiger partial charge in [0.05, 0.1) is 9.79 Å². The molecule has 6 rings (SSSR count). The first-order valence-electron chi connectivity index (χ1n) is 10.1. The van der Waals surface area contributed by atoms with Crippen molar-refractivity contribution in [3.8, 4) is 0 Å². The summed E-state index contributed by atoms with van der Waals surface area (Å²) in [6.07, 6.45) is -6.79. The lowest BCUT2D eigenvalue weighted by atomic mass is 9.84. The average molecular weight is 497 g/mol. The van der Waals surface area contributed by atoms with Crippen LogP contribution in [0.5, 0.6) is 0 Å². The van der Waals surface area contributed by atoms with Crippen LogP contribution in [0.15, 0.2) is 58.3 Å². The highest BCUT2D eigenvalue weighted by Crippen LogP contribution is 2.42. The van der Waals surface area contributed by atoms with E-state index in [0.717, 1.165) is 11.1 Å². The van der Waals surface area contributed by atoms with Crippen molar-refractivity contribution in [3.63, 3.8) is 0 Å². The van der Waals surface area contributed by atoms with Gasteiger partial charge in [-0.3, -0.25) is 13.2 Å². The first-order valence-corrected chi connectivity index (χ1v) is 12.9. The topological polar surface area (TPSA) is 132 Å². The molecular weight excluding hydrogens is 476 g/mol. The largest absolute Gasteiger partial charge is 0.321 e. The zero-order chi connectivity index (χ0) is 23.5. The fraction of sp³-hybridized carbons (Fsp3) is 0.381. The Morgan fingerprint density at radius 1 is 0.667 bits per heavy atom. The molecule has 4 bridgehead atoms. The summed E-state index contributed by atoms with van der Waals surface area (Å²) in [7, 11) is -8.65. The zero-order valence-electron chi connectivity index (χ0n) is 17.5. The minimum atomic E-state index is -4.33. The predicted octanol–water partition coefficient (Wildman–Crippen LogP) is 1.20. The van der Waals surface area contributed by atoms with Crippen molar-refractivity contribution in [1.82, 2.24) is 0 Å². The Bertz CT molecular complexity index is 1190. The second-order valence-electron chi connectivity index (χ2n) is 8.06. The Hall–Kier alpha value is -2.19. The van der Waals surface area contributed by atoms with Crippen LogP contribution in [0, 0.1) is 13.8 Å². The number of carbonyl (C=O) groups is 1. The van der Waals surface area contributed by atoms with Gasteiger partial charge in [-0.2, -0.15) is 16.8 Å². The minimum absolute atomic E-state index is 0.129. The molecule has 12 heteroatoms. The maximum Gasteiger partial charge on any atom is 0.297 e. The third-order valence-corrected chi connectivity index (χ3v) is 8.33. The fourth-order valence-electron chi connectivity index (χ4n) is 3.95. The van der Waals surface area contributed by atoms with Crippen molar-refractivity contribution in [1.29, 1.82) is 0 Å². The van der Waals surface area contributed by atoms with Crippen molar-refractivity contribution in [2.45, 2.75) is 60.6 Å². The van der Waals surface area contributed by atoms with Gasteiger partial charge in [-0.05, 0) is 38.1 Å². The fourth-order valence-corrected chi connectivity index (χ4v) is 6.12. The van der Waals surface area contributed by atoms with Crippen molar-refractivity contribution < 1.29 is 44.2 Å². The van der Waals surface area contributed by atoms with Crippen LogP contribution >= 0.6 is 0 Å². The molecule has 4 fully saturated rings. The molecule has 0 radical (unpaired) electrons.